The van der Waals surface area contributed by atoms with Crippen LogP contribution in [0.4, 0.5) is 17.2 Å². The molecule has 0 radical (unpaired) electrons. The molecule has 2 aliphatic rings. The fourth-order valence-corrected chi connectivity index (χ4v) is 5.43. The Morgan fingerprint density at radius 2 is 1.75 bits per heavy atom. The second-order valence-corrected chi connectivity index (χ2v) is 11.0. The van der Waals surface area contributed by atoms with Gasteiger partial charge in [-0.15, -0.1) is 0 Å². The van der Waals surface area contributed by atoms with Crippen molar-refractivity contribution in [2.75, 3.05) is 77.2 Å². The summed E-state index contributed by atoms with van der Waals surface area (Å²) in [6, 6.07) is 6.39. The van der Waals surface area contributed by atoms with Gasteiger partial charge in [0.15, 0.2) is 5.88 Å². The van der Waals surface area contributed by atoms with Crippen molar-refractivity contribution in [3.05, 3.63) is 35.7 Å². The lowest BCUT2D eigenvalue weighted by Gasteiger charge is -2.35. The Labute approximate surface area is 235 Å². The summed E-state index contributed by atoms with van der Waals surface area (Å²) < 4.78 is 0. The van der Waals surface area contributed by atoms with Crippen molar-refractivity contribution in [2.45, 2.75) is 32.2 Å². The van der Waals surface area contributed by atoms with Crippen molar-refractivity contribution in [3.8, 4) is 5.88 Å². The van der Waals surface area contributed by atoms with Crippen LogP contribution in [0.3, 0.4) is 0 Å². The van der Waals surface area contributed by atoms with Crippen LogP contribution in [0.2, 0.25) is 0 Å². The molecule has 2 aliphatic heterocycles. The van der Waals surface area contributed by atoms with Gasteiger partial charge < -0.3 is 35.0 Å². The highest BCUT2D eigenvalue weighted by molar-refractivity contribution is 6.06. The lowest BCUT2D eigenvalue weighted by atomic mass is 10.1. The largest absolute Gasteiger partial charge is 0.494 e. The third kappa shape index (κ3) is 6.53. The van der Waals surface area contributed by atoms with Crippen molar-refractivity contribution in [3.63, 3.8) is 0 Å². The molecule has 40 heavy (non-hydrogen) atoms. The van der Waals surface area contributed by atoms with Gasteiger partial charge in [-0.1, -0.05) is 6.42 Å². The fourth-order valence-electron chi connectivity index (χ4n) is 5.43. The lowest BCUT2D eigenvalue weighted by molar-refractivity contribution is -0.129. The first-order valence-electron chi connectivity index (χ1n) is 14.2. The zero-order valence-corrected chi connectivity index (χ0v) is 23.9. The summed E-state index contributed by atoms with van der Waals surface area (Å²) in [5.41, 5.74) is 4.37. The summed E-state index contributed by atoms with van der Waals surface area (Å²) in [5, 5.41) is 14.7. The van der Waals surface area contributed by atoms with E-state index in [2.05, 4.69) is 61.2 Å². The number of likely N-dealkylation sites (N-methyl/N-ethyl adjacent to an activating group) is 2. The molecule has 1 aromatic carbocycles. The first-order valence-corrected chi connectivity index (χ1v) is 14.2. The summed E-state index contributed by atoms with van der Waals surface area (Å²) in [5.74, 6) is 0.731. The van der Waals surface area contributed by atoms with E-state index < -0.39 is 0 Å². The third-order valence-corrected chi connectivity index (χ3v) is 7.89. The van der Waals surface area contributed by atoms with Gasteiger partial charge in [0.2, 0.25) is 5.91 Å². The van der Waals surface area contributed by atoms with E-state index in [1.54, 1.807) is 11.1 Å². The summed E-state index contributed by atoms with van der Waals surface area (Å²) in [4.78, 5) is 38.0. The number of hydrogen-bond acceptors (Lipinski definition) is 9. The van der Waals surface area contributed by atoms with Crippen LogP contribution < -0.4 is 10.2 Å². The number of anilines is 2. The van der Waals surface area contributed by atoms with E-state index in [9.17, 15) is 9.90 Å². The van der Waals surface area contributed by atoms with Crippen LogP contribution in [0.1, 0.15) is 36.8 Å². The van der Waals surface area contributed by atoms with Crippen molar-refractivity contribution in [1.82, 2.24) is 29.7 Å². The number of H-pyrrole nitrogens is 1. The summed E-state index contributed by atoms with van der Waals surface area (Å²) in [7, 11) is 6.17. The highest BCUT2D eigenvalue weighted by atomic mass is 16.3. The van der Waals surface area contributed by atoms with E-state index in [1.807, 2.05) is 13.1 Å². The molecule has 4 heterocycles. The van der Waals surface area contributed by atoms with E-state index in [1.165, 1.54) is 17.6 Å². The number of amides is 1. The maximum atomic E-state index is 12.7. The Hall–Kier alpha value is -3.70. The van der Waals surface area contributed by atoms with E-state index in [-0.39, 0.29) is 11.8 Å². The first-order chi connectivity index (χ1) is 19.4. The smallest absolute Gasteiger partial charge is 0.222 e. The minimum absolute atomic E-state index is 0.00856. The van der Waals surface area contributed by atoms with Gasteiger partial charge in [-0.2, -0.15) is 0 Å². The van der Waals surface area contributed by atoms with Crippen molar-refractivity contribution in [1.29, 1.82) is 0 Å². The molecule has 0 spiro atoms. The van der Waals surface area contributed by atoms with Gasteiger partial charge >= 0.3 is 0 Å². The average molecular weight is 548 g/mol. The first kappa shape index (κ1) is 27.9. The van der Waals surface area contributed by atoms with Crippen molar-refractivity contribution in [2.24, 2.45) is 4.99 Å². The number of aromatic hydroxyl groups is 1. The molecule has 1 fully saturated rings. The van der Waals surface area contributed by atoms with Crippen LogP contribution in [-0.2, 0) is 11.3 Å². The van der Waals surface area contributed by atoms with E-state index in [0.717, 1.165) is 64.2 Å². The van der Waals surface area contributed by atoms with Crippen LogP contribution in [0.5, 0.6) is 5.88 Å². The number of nitrogens with zero attached hydrogens (tertiary/aromatic N) is 7. The highest BCUT2D eigenvalue weighted by Gasteiger charge is 2.19. The molecule has 11 heteroatoms. The van der Waals surface area contributed by atoms with Gasteiger partial charge in [0.1, 0.15) is 17.8 Å². The maximum absolute atomic E-state index is 12.7. The van der Waals surface area contributed by atoms with Crippen LogP contribution in [-0.4, -0.2) is 114 Å². The predicted molar refractivity (Wildman–Crippen MR) is 160 cm³/mol. The Balaban J connectivity index is 1.49. The predicted octanol–water partition coefficient (Wildman–Crippen LogP) is 3.04. The van der Waals surface area contributed by atoms with Gasteiger partial charge in [-0.3, -0.25) is 9.79 Å². The maximum Gasteiger partial charge on any atom is 0.222 e. The molecule has 2 bridgehead atoms. The topological polar surface area (TPSA) is 116 Å². The van der Waals surface area contributed by atoms with E-state index >= 15 is 0 Å². The summed E-state index contributed by atoms with van der Waals surface area (Å²) in [6.07, 6.45) is 6.65. The number of aromatic nitrogens is 3. The Kier molecular flexibility index (Phi) is 8.81. The fraction of sp³-hybridized carbons (Fsp3) is 0.517. The lowest BCUT2D eigenvalue weighted by Crippen LogP contribution is -2.45. The molecule has 1 amide bonds. The molecule has 0 aliphatic carbocycles. The highest BCUT2D eigenvalue weighted by Crippen LogP contribution is 2.31. The average Bonchev–Trinajstić information content (AvgIpc) is 3.27. The number of nitrogens with one attached hydrogen (secondary N) is 2. The normalized spacial score (nSPS) is 19.1. The van der Waals surface area contributed by atoms with E-state index in [0.29, 0.717) is 41.9 Å². The molecule has 214 valence electrons. The molecule has 0 atom stereocenters. The second-order valence-electron chi connectivity index (χ2n) is 11.0. The molecule has 2 aromatic heterocycles. The number of piperazine rings is 1. The molecule has 11 nitrogen and oxygen atoms in total. The Bertz CT molecular complexity index is 1350. The number of carbonyl (C=O) groups excluding carboxylic acids is 1. The molecular formula is C29H41N9O2. The van der Waals surface area contributed by atoms with Gasteiger partial charge in [-0.25, -0.2) is 9.97 Å². The molecule has 5 rings (SSSR count). The number of fused-ring (bicyclic) bond motifs is 2. The number of carbonyl (C=O) groups is 1. The summed E-state index contributed by atoms with van der Waals surface area (Å²) in [6.45, 7) is 6.94. The number of rotatable bonds is 1. The Morgan fingerprint density at radius 3 is 2.58 bits per heavy atom. The third-order valence-electron chi connectivity index (χ3n) is 7.89. The van der Waals surface area contributed by atoms with Crippen LogP contribution in [0.25, 0.3) is 11.0 Å². The molecular weight excluding hydrogens is 506 g/mol. The van der Waals surface area contributed by atoms with Gasteiger partial charge in [0, 0.05) is 71.2 Å². The second kappa shape index (κ2) is 12.6. The SMILES string of the molecule is CN1CCN(c2ccc3cc2CN(C)CCCCCC(=O)N(C)CCNc2ncnc4[nH]c(O)c(c24)C=N3)CC1. The molecule has 3 aromatic rings. The molecule has 0 saturated carbocycles. The molecule has 1 saturated heterocycles. The molecule has 0 unspecified atom stereocenters. The quantitative estimate of drug-likeness (QED) is 0.426. The van der Waals surface area contributed by atoms with Crippen LogP contribution >= 0.6 is 0 Å². The molecule has 3 N–H and O–H groups in total. The van der Waals surface area contributed by atoms with E-state index in [4.69, 9.17) is 4.99 Å². The van der Waals surface area contributed by atoms with Crippen molar-refractivity contribution >= 4 is 40.3 Å². The number of aliphatic imine (C=N–C) groups is 1. The minimum Gasteiger partial charge on any atom is -0.494 e. The minimum atomic E-state index is -0.00856. The van der Waals surface area contributed by atoms with Gasteiger partial charge in [-0.05, 0) is 57.2 Å². The van der Waals surface area contributed by atoms with Gasteiger partial charge in [0.25, 0.3) is 0 Å². The number of benzene rings is 1. The zero-order chi connectivity index (χ0) is 28.1. The van der Waals surface area contributed by atoms with Gasteiger partial charge in [0.05, 0.1) is 16.6 Å². The Morgan fingerprint density at radius 1 is 0.925 bits per heavy atom. The van der Waals surface area contributed by atoms with Crippen LogP contribution in [0, 0.1) is 0 Å². The van der Waals surface area contributed by atoms with Crippen molar-refractivity contribution < 1.29 is 9.90 Å². The standard InChI is InChI=1S/C29H41N9O2/c1-35-13-15-38(16-14-35)24-9-8-22-17-21(24)19-36(2)11-6-4-5-7-25(39)37(3)12-10-30-27-26-23(18-31-22)29(40)34-28(26)33-20-32-27/h8-9,17-18,20,40H,4-7,10-16,19H2,1-3H3,(H2,30,32,33,34). The monoisotopic (exact) mass is 547 g/mol. The van der Waals surface area contributed by atoms with Crippen LogP contribution in [0.15, 0.2) is 29.5 Å². The number of aromatic amines is 1. The summed E-state index contributed by atoms with van der Waals surface area (Å²) >= 11 is 0. The zero-order valence-electron chi connectivity index (χ0n) is 23.9. The number of hydrogen-bond donors (Lipinski definition) is 3.